The Balaban J connectivity index is 2.42. The van der Waals surface area contributed by atoms with E-state index in [9.17, 15) is 18.0 Å². The lowest BCUT2D eigenvalue weighted by Crippen LogP contribution is -2.35. The lowest BCUT2D eigenvalue weighted by atomic mass is 10.3. The van der Waals surface area contributed by atoms with Gasteiger partial charge in [-0.05, 0) is 18.2 Å². The molecule has 0 aromatic heterocycles. The van der Waals surface area contributed by atoms with Crippen LogP contribution in [0.5, 0.6) is 0 Å². The quantitative estimate of drug-likeness (QED) is 0.897. The van der Waals surface area contributed by atoms with Crippen LogP contribution in [0, 0.1) is 0 Å². The van der Waals surface area contributed by atoms with Crippen LogP contribution in [0.25, 0.3) is 0 Å². The first kappa shape index (κ1) is 15.1. The van der Waals surface area contributed by atoms with E-state index >= 15 is 0 Å². The number of hydrogen-bond acceptors (Lipinski definition) is 2. The zero-order valence-electron chi connectivity index (χ0n) is 8.94. The van der Waals surface area contributed by atoms with Gasteiger partial charge in [-0.25, -0.2) is 0 Å². The minimum Gasteiger partial charge on any atom is -0.325 e. The molecule has 1 aromatic carbocycles. The van der Waals surface area contributed by atoms with Gasteiger partial charge in [-0.2, -0.15) is 13.2 Å². The van der Waals surface area contributed by atoms with Crippen LogP contribution in [0.2, 0.25) is 10.0 Å². The van der Waals surface area contributed by atoms with Gasteiger partial charge < -0.3 is 10.6 Å². The highest BCUT2D eigenvalue weighted by molar-refractivity contribution is 6.42. The smallest absolute Gasteiger partial charge is 0.325 e. The standard InChI is InChI=1S/C10H9Cl2F3N2O/c11-7-2-1-6(3-8(7)12)17-9(18)4-16-5-10(13,14)15/h1-3,16H,4-5H2,(H,17,18). The molecule has 0 saturated carbocycles. The minimum atomic E-state index is -4.34. The van der Waals surface area contributed by atoms with Gasteiger partial charge in [0.15, 0.2) is 0 Å². The second-order valence-electron chi connectivity index (χ2n) is 3.40. The fourth-order valence-electron chi connectivity index (χ4n) is 1.10. The summed E-state index contributed by atoms with van der Waals surface area (Å²) in [6.07, 6.45) is -4.34. The molecule has 2 N–H and O–H groups in total. The summed E-state index contributed by atoms with van der Waals surface area (Å²) >= 11 is 11.4. The third-order valence-electron chi connectivity index (χ3n) is 1.81. The molecule has 3 nitrogen and oxygen atoms in total. The first-order valence-corrected chi connectivity index (χ1v) is 5.56. The van der Waals surface area contributed by atoms with Crippen molar-refractivity contribution >= 4 is 34.8 Å². The van der Waals surface area contributed by atoms with Crippen LogP contribution in [0.1, 0.15) is 0 Å². The minimum absolute atomic E-state index is 0.248. The summed E-state index contributed by atoms with van der Waals surface area (Å²) in [5.41, 5.74) is 0.364. The molecule has 1 aromatic rings. The highest BCUT2D eigenvalue weighted by Gasteiger charge is 2.26. The Hall–Kier alpha value is -0.980. The topological polar surface area (TPSA) is 41.1 Å². The summed E-state index contributed by atoms with van der Waals surface area (Å²) in [5, 5.41) is 4.93. The van der Waals surface area contributed by atoms with Gasteiger partial charge in [-0.15, -0.1) is 0 Å². The molecule has 0 saturated heterocycles. The van der Waals surface area contributed by atoms with Crippen molar-refractivity contribution in [3.8, 4) is 0 Å². The van der Waals surface area contributed by atoms with Crippen molar-refractivity contribution in [2.24, 2.45) is 0 Å². The Morgan fingerprint density at radius 3 is 2.44 bits per heavy atom. The molecule has 1 rings (SSSR count). The molecule has 18 heavy (non-hydrogen) atoms. The molecule has 0 radical (unpaired) electrons. The van der Waals surface area contributed by atoms with Crippen LogP contribution in [0.4, 0.5) is 18.9 Å². The lowest BCUT2D eigenvalue weighted by Gasteiger charge is -2.09. The highest BCUT2D eigenvalue weighted by Crippen LogP contribution is 2.24. The van der Waals surface area contributed by atoms with Crippen LogP contribution < -0.4 is 10.6 Å². The number of carbonyl (C=O) groups is 1. The predicted molar refractivity (Wildman–Crippen MR) is 64.0 cm³/mol. The number of carbonyl (C=O) groups excluding carboxylic acids is 1. The molecule has 0 atom stereocenters. The maximum atomic E-state index is 11.8. The number of nitrogens with one attached hydrogen (secondary N) is 2. The van der Waals surface area contributed by atoms with Crippen molar-refractivity contribution in [1.29, 1.82) is 0 Å². The van der Waals surface area contributed by atoms with E-state index in [1.165, 1.54) is 18.2 Å². The maximum Gasteiger partial charge on any atom is 0.401 e. The van der Waals surface area contributed by atoms with E-state index in [0.29, 0.717) is 10.7 Å². The van der Waals surface area contributed by atoms with Crippen molar-refractivity contribution in [3.63, 3.8) is 0 Å². The monoisotopic (exact) mass is 300 g/mol. The van der Waals surface area contributed by atoms with Crippen molar-refractivity contribution in [2.45, 2.75) is 6.18 Å². The average molecular weight is 301 g/mol. The Bertz CT molecular complexity index is 438. The Morgan fingerprint density at radius 2 is 1.89 bits per heavy atom. The van der Waals surface area contributed by atoms with Crippen LogP contribution in [-0.2, 0) is 4.79 Å². The molecule has 100 valence electrons. The van der Waals surface area contributed by atoms with Gasteiger partial charge in [0.05, 0.1) is 23.1 Å². The molecular weight excluding hydrogens is 292 g/mol. The van der Waals surface area contributed by atoms with Crippen LogP contribution in [-0.4, -0.2) is 25.2 Å². The van der Waals surface area contributed by atoms with E-state index in [0.717, 1.165) is 0 Å². The average Bonchev–Trinajstić information content (AvgIpc) is 2.21. The molecule has 0 bridgehead atoms. The van der Waals surface area contributed by atoms with Gasteiger partial charge in [0.1, 0.15) is 0 Å². The first-order chi connectivity index (χ1) is 8.28. The van der Waals surface area contributed by atoms with Gasteiger partial charge in [-0.3, -0.25) is 4.79 Å². The number of alkyl halides is 3. The van der Waals surface area contributed by atoms with Crippen LogP contribution in [0.15, 0.2) is 18.2 Å². The van der Waals surface area contributed by atoms with Crippen LogP contribution in [0.3, 0.4) is 0 Å². The Morgan fingerprint density at radius 1 is 1.22 bits per heavy atom. The SMILES string of the molecule is O=C(CNCC(F)(F)F)Nc1ccc(Cl)c(Cl)c1. The Kier molecular flexibility index (Phi) is 5.25. The third-order valence-corrected chi connectivity index (χ3v) is 2.55. The molecule has 0 spiro atoms. The normalized spacial score (nSPS) is 11.4. The molecule has 0 aliphatic rings. The summed E-state index contributed by atoms with van der Waals surface area (Å²) in [4.78, 5) is 11.3. The Labute approximate surface area is 111 Å². The number of rotatable bonds is 4. The second-order valence-corrected chi connectivity index (χ2v) is 4.21. The van der Waals surface area contributed by atoms with Crippen molar-refractivity contribution in [1.82, 2.24) is 5.32 Å². The number of amides is 1. The fourth-order valence-corrected chi connectivity index (χ4v) is 1.39. The summed E-state index contributed by atoms with van der Waals surface area (Å²) in [6.45, 7) is -1.67. The number of anilines is 1. The number of hydrogen-bond donors (Lipinski definition) is 2. The van der Waals surface area contributed by atoms with Gasteiger partial charge in [0.2, 0.25) is 5.91 Å². The van der Waals surface area contributed by atoms with Crippen molar-refractivity contribution < 1.29 is 18.0 Å². The van der Waals surface area contributed by atoms with E-state index in [1.54, 1.807) is 0 Å². The van der Waals surface area contributed by atoms with E-state index < -0.39 is 25.2 Å². The van der Waals surface area contributed by atoms with Crippen molar-refractivity contribution in [2.75, 3.05) is 18.4 Å². The predicted octanol–water partition coefficient (Wildman–Crippen LogP) is 3.08. The van der Waals surface area contributed by atoms with Gasteiger partial charge >= 0.3 is 6.18 Å². The van der Waals surface area contributed by atoms with E-state index in [4.69, 9.17) is 23.2 Å². The fraction of sp³-hybridized carbons (Fsp3) is 0.300. The van der Waals surface area contributed by atoms with E-state index in [-0.39, 0.29) is 5.02 Å². The van der Waals surface area contributed by atoms with Crippen molar-refractivity contribution in [3.05, 3.63) is 28.2 Å². The molecule has 0 unspecified atom stereocenters. The lowest BCUT2D eigenvalue weighted by molar-refractivity contribution is -0.126. The number of benzene rings is 1. The van der Waals surface area contributed by atoms with E-state index in [1.807, 2.05) is 5.32 Å². The summed E-state index contributed by atoms with van der Waals surface area (Å²) in [7, 11) is 0. The molecule has 0 aliphatic heterocycles. The zero-order valence-corrected chi connectivity index (χ0v) is 10.5. The molecule has 1 amide bonds. The van der Waals surface area contributed by atoms with Gasteiger partial charge in [-0.1, -0.05) is 23.2 Å². The summed E-state index contributed by atoms with van der Waals surface area (Å²) in [5.74, 6) is -0.599. The molecule has 8 heteroatoms. The summed E-state index contributed by atoms with van der Waals surface area (Å²) in [6, 6.07) is 4.38. The first-order valence-electron chi connectivity index (χ1n) is 4.80. The van der Waals surface area contributed by atoms with E-state index in [2.05, 4.69) is 5.32 Å². The largest absolute Gasteiger partial charge is 0.401 e. The molecule has 0 heterocycles. The third kappa shape index (κ3) is 5.57. The van der Waals surface area contributed by atoms with Gasteiger partial charge in [0, 0.05) is 5.69 Å². The molecule has 0 fully saturated rings. The maximum absolute atomic E-state index is 11.8. The summed E-state index contributed by atoms with van der Waals surface area (Å²) < 4.78 is 35.4. The highest BCUT2D eigenvalue weighted by atomic mass is 35.5. The van der Waals surface area contributed by atoms with Crippen LogP contribution >= 0.6 is 23.2 Å². The molecule has 0 aliphatic carbocycles. The second kappa shape index (κ2) is 6.26. The number of halogens is 5. The molecular formula is C10H9Cl2F3N2O. The van der Waals surface area contributed by atoms with Gasteiger partial charge in [0.25, 0.3) is 0 Å². The zero-order chi connectivity index (χ0) is 13.8.